The molecule has 2 aromatic carbocycles. The number of amides is 1. The number of hydrogen-bond acceptors (Lipinski definition) is 5. The largest absolute Gasteiger partial charge is 0.493 e. The molecular formula is C33H49N3O3. The van der Waals surface area contributed by atoms with Crippen LogP contribution >= 0.6 is 0 Å². The molecule has 39 heavy (non-hydrogen) atoms. The van der Waals surface area contributed by atoms with Gasteiger partial charge in [-0.05, 0) is 79.1 Å². The first-order valence-corrected chi connectivity index (χ1v) is 14.9. The van der Waals surface area contributed by atoms with Gasteiger partial charge in [0.25, 0.3) is 5.91 Å². The van der Waals surface area contributed by atoms with Crippen molar-refractivity contribution in [2.75, 3.05) is 66.1 Å². The van der Waals surface area contributed by atoms with E-state index >= 15 is 0 Å². The van der Waals surface area contributed by atoms with Gasteiger partial charge in [-0.2, -0.15) is 0 Å². The lowest BCUT2D eigenvalue weighted by molar-refractivity contribution is 0.0594. The van der Waals surface area contributed by atoms with Gasteiger partial charge in [0.2, 0.25) is 0 Å². The minimum Gasteiger partial charge on any atom is -0.493 e. The number of piperazine rings is 1. The molecule has 2 bridgehead atoms. The molecule has 0 saturated carbocycles. The summed E-state index contributed by atoms with van der Waals surface area (Å²) >= 11 is 0. The maximum absolute atomic E-state index is 13.4. The quantitative estimate of drug-likeness (QED) is 0.490. The molecule has 0 spiro atoms. The van der Waals surface area contributed by atoms with E-state index in [2.05, 4.69) is 60.9 Å². The van der Waals surface area contributed by atoms with Crippen molar-refractivity contribution < 1.29 is 14.3 Å². The third-order valence-electron chi connectivity index (χ3n) is 7.93. The first kappa shape index (κ1) is 29.6. The molecule has 4 rings (SSSR count). The van der Waals surface area contributed by atoms with Crippen LogP contribution < -0.4 is 4.74 Å². The lowest BCUT2D eigenvalue weighted by Crippen LogP contribution is -2.49. The van der Waals surface area contributed by atoms with Crippen molar-refractivity contribution in [3.63, 3.8) is 0 Å². The Morgan fingerprint density at radius 3 is 2.46 bits per heavy atom. The zero-order chi connectivity index (χ0) is 27.7. The first-order valence-electron chi connectivity index (χ1n) is 14.9. The summed E-state index contributed by atoms with van der Waals surface area (Å²) in [4.78, 5) is 20.4. The topological polar surface area (TPSA) is 45.2 Å². The highest BCUT2D eigenvalue weighted by molar-refractivity contribution is 5.94. The summed E-state index contributed by atoms with van der Waals surface area (Å²) in [5.41, 5.74) is 4.82. The van der Waals surface area contributed by atoms with Gasteiger partial charge in [-0.1, -0.05) is 45.0 Å². The lowest BCUT2D eigenvalue weighted by Gasteiger charge is -2.34. The molecule has 1 saturated heterocycles. The molecular weight excluding hydrogens is 486 g/mol. The third-order valence-corrected chi connectivity index (χ3v) is 7.93. The highest BCUT2D eigenvalue weighted by Gasteiger charge is 2.23. The average molecular weight is 536 g/mol. The summed E-state index contributed by atoms with van der Waals surface area (Å²) in [6, 6.07) is 15.0. The normalized spacial score (nSPS) is 18.2. The summed E-state index contributed by atoms with van der Waals surface area (Å²) in [5, 5.41) is 0. The molecule has 2 aromatic rings. The second kappa shape index (κ2) is 14.3. The van der Waals surface area contributed by atoms with Gasteiger partial charge in [0.15, 0.2) is 0 Å². The summed E-state index contributed by atoms with van der Waals surface area (Å²) in [5.74, 6) is 1.03. The number of hydrogen-bond donors (Lipinski definition) is 0. The van der Waals surface area contributed by atoms with Gasteiger partial charge in [0.05, 0.1) is 13.2 Å². The molecule has 0 unspecified atom stereocenters. The Bertz CT molecular complexity index is 1060. The molecule has 1 fully saturated rings. The van der Waals surface area contributed by atoms with Crippen molar-refractivity contribution in [2.45, 2.75) is 59.4 Å². The first-order chi connectivity index (χ1) is 18.8. The monoisotopic (exact) mass is 535 g/mol. The minimum atomic E-state index is 0.117. The van der Waals surface area contributed by atoms with Crippen molar-refractivity contribution in [1.29, 1.82) is 0 Å². The number of methoxy groups -OCH3 is 1. The number of rotatable bonds is 6. The summed E-state index contributed by atoms with van der Waals surface area (Å²) in [6.45, 7) is 15.9. The Balaban J connectivity index is 1.49. The average Bonchev–Trinajstić information content (AvgIpc) is 2.92. The number of nitrogens with zero attached hydrogens (tertiary/aromatic N) is 3. The fourth-order valence-corrected chi connectivity index (χ4v) is 5.44. The van der Waals surface area contributed by atoms with E-state index < -0.39 is 0 Å². The van der Waals surface area contributed by atoms with Crippen LogP contribution in [0.15, 0.2) is 42.5 Å². The van der Waals surface area contributed by atoms with E-state index in [0.717, 1.165) is 95.1 Å². The van der Waals surface area contributed by atoms with E-state index in [4.69, 9.17) is 9.47 Å². The van der Waals surface area contributed by atoms with E-state index in [1.807, 2.05) is 17.0 Å². The van der Waals surface area contributed by atoms with E-state index in [9.17, 15) is 4.79 Å². The van der Waals surface area contributed by atoms with Crippen molar-refractivity contribution in [1.82, 2.24) is 14.7 Å². The highest BCUT2D eigenvalue weighted by atomic mass is 16.5. The maximum atomic E-state index is 13.4. The van der Waals surface area contributed by atoms with Crippen LogP contribution in [0.5, 0.6) is 5.75 Å². The van der Waals surface area contributed by atoms with Gasteiger partial charge in [-0.15, -0.1) is 0 Å². The Labute approximate surface area is 236 Å². The Morgan fingerprint density at radius 2 is 1.69 bits per heavy atom. The predicted octanol–water partition coefficient (Wildman–Crippen LogP) is 5.48. The molecule has 2 aliphatic heterocycles. The highest BCUT2D eigenvalue weighted by Crippen LogP contribution is 2.26. The van der Waals surface area contributed by atoms with Crippen LogP contribution in [0.25, 0.3) is 0 Å². The van der Waals surface area contributed by atoms with Crippen molar-refractivity contribution in [2.24, 2.45) is 5.41 Å². The third kappa shape index (κ3) is 9.33. The summed E-state index contributed by atoms with van der Waals surface area (Å²) < 4.78 is 11.5. The second-order valence-electron chi connectivity index (χ2n) is 12.4. The zero-order valence-electron chi connectivity index (χ0n) is 24.7. The Kier molecular flexibility index (Phi) is 10.8. The van der Waals surface area contributed by atoms with E-state index in [1.165, 1.54) is 24.0 Å². The predicted molar refractivity (Wildman–Crippen MR) is 159 cm³/mol. The molecule has 214 valence electrons. The standard InChI is InChI=1S/C33H49N3O3/c1-33(2,3)13-15-35-14-6-5-7-21-39-31-12-11-29(25-30(31)24-27-9-8-10-28(23-27)26-35)32(37)36-18-16-34(17-19-36)20-22-38-4/h8-12,23,25H,5-7,13-22,24,26H2,1-4H3. The van der Waals surface area contributed by atoms with Gasteiger partial charge in [-0.3, -0.25) is 14.6 Å². The van der Waals surface area contributed by atoms with Crippen LogP contribution in [0.1, 0.15) is 73.5 Å². The summed E-state index contributed by atoms with van der Waals surface area (Å²) in [6.07, 6.45) is 5.35. The van der Waals surface area contributed by atoms with Crippen molar-refractivity contribution in [3.05, 3.63) is 64.7 Å². The van der Waals surface area contributed by atoms with Crippen molar-refractivity contribution >= 4 is 5.91 Å². The molecule has 6 heteroatoms. The summed E-state index contributed by atoms with van der Waals surface area (Å²) in [7, 11) is 1.73. The molecule has 6 nitrogen and oxygen atoms in total. The van der Waals surface area contributed by atoms with E-state index in [0.29, 0.717) is 12.0 Å². The molecule has 2 aliphatic rings. The molecule has 0 aliphatic carbocycles. The lowest BCUT2D eigenvalue weighted by atomic mass is 9.92. The number of fused-ring (bicyclic) bond motifs is 3. The molecule has 1 amide bonds. The van der Waals surface area contributed by atoms with Crippen molar-refractivity contribution in [3.8, 4) is 5.75 Å². The second-order valence-corrected chi connectivity index (χ2v) is 12.4. The number of benzene rings is 2. The number of carbonyl (C=O) groups excluding carboxylic acids is 1. The fraction of sp³-hybridized carbons (Fsp3) is 0.606. The van der Waals surface area contributed by atoms with Gasteiger partial charge >= 0.3 is 0 Å². The fourth-order valence-electron chi connectivity index (χ4n) is 5.44. The number of carbonyl (C=O) groups is 1. The van der Waals surface area contributed by atoms with Crippen LogP contribution in [0.3, 0.4) is 0 Å². The van der Waals surface area contributed by atoms with Crippen LogP contribution in [0.2, 0.25) is 0 Å². The van der Waals surface area contributed by atoms with Crippen LogP contribution in [0.4, 0.5) is 0 Å². The van der Waals surface area contributed by atoms with Gasteiger partial charge in [-0.25, -0.2) is 0 Å². The Hall–Kier alpha value is -2.41. The number of ether oxygens (including phenoxy) is 2. The molecule has 2 heterocycles. The zero-order valence-corrected chi connectivity index (χ0v) is 24.7. The molecule has 0 atom stereocenters. The smallest absolute Gasteiger partial charge is 0.253 e. The van der Waals surface area contributed by atoms with E-state index in [1.54, 1.807) is 7.11 Å². The van der Waals surface area contributed by atoms with Gasteiger partial charge < -0.3 is 14.4 Å². The van der Waals surface area contributed by atoms with Gasteiger partial charge in [0, 0.05) is 58.4 Å². The van der Waals surface area contributed by atoms with Crippen LogP contribution in [0, 0.1) is 5.41 Å². The minimum absolute atomic E-state index is 0.117. The molecule has 0 aromatic heterocycles. The molecule has 0 N–H and O–H groups in total. The van der Waals surface area contributed by atoms with Gasteiger partial charge in [0.1, 0.15) is 5.75 Å². The molecule has 0 radical (unpaired) electrons. The van der Waals surface area contributed by atoms with Crippen LogP contribution in [-0.2, 0) is 17.7 Å². The maximum Gasteiger partial charge on any atom is 0.253 e. The van der Waals surface area contributed by atoms with Crippen LogP contribution in [-0.4, -0.2) is 86.7 Å². The Morgan fingerprint density at radius 1 is 0.897 bits per heavy atom. The van der Waals surface area contributed by atoms with E-state index in [-0.39, 0.29) is 5.91 Å². The SMILES string of the molecule is COCCN1CCN(C(=O)c2ccc3c(c2)Cc2cccc(c2)CN(CCC(C)(C)C)CCCCCO3)CC1.